The van der Waals surface area contributed by atoms with Crippen molar-refractivity contribution < 1.29 is 19.0 Å². The third-order valence-corrected chi connectivity index (χ3v) is 8.78. The first-order valence-corrected chi connectivity index (χ1v) is 15.2. The molecule has 2 saturated heterocycles. The Bertz CT molecular complexity index is 1680. The Hall–Kier alpha value is -4.31. The number of carbonyl (C=O) groups is 1. The molecule has 0 spiro atoms. The monoisotopic (exact) mass is 580 g/mol. The number of aromatic amines is 2. The van der Waals surface area contributed by atoms with Gasteiger partial charge >= 0.3 is 6.09 Å². The molecule has 2 aromatic carbocycles. The lowest BCUT2D eigenvalue weighted by atomic mass is 9.87. The molecule has 4 aromatic rings. The number of hydrogen-bond donors (Lipinski definition) is 3. The number of nitrogens with one attached hydrogen (secondary N) is 3. The number of ether oxygens (including phenoxy) is 3. The van der Waals surface area contributed by atoms with E-state index >= 15 is 0 Å². The molecule has 43 heavy (non-hydrogen) atoms. The lowest BCUT2D eigenvalue weighted by Crippen LogP contribution is -2.36. The zero-order valence-electron chi connectivity index (χ0n) is 24.8. The van der Waals surface area contributed by atoms with E-state index in [1.54, 1.807) is 4.90 Å². The second-order valence-electron chi connectivity index (χ2n) is 12.9. The highest BCUT2D eigenvalue weighted by Crippen LogP contribution is 2.51. The molecule has 0 radical (unpaired) electrons. The lowest BCUT2D eigenvalue weighted by Gasteiger charge is -2.30. The van der Waals surface area contributed by atoms with Crippen molar-refractivity contribution in [2.24, 2.45) is 0 Å². The third kappa shape index (κ3) is 4.64. The van der Waals surface area contributed by atoms with Gasteiger partial charge in [-0.3, -0.25) is 4.90 Å². The maximum Gasteiger partial charge on any atom is 0.410 e. The van der Waals surface area contributed by atoms with Gasteiger partial charge in [0.1, 0.15) is 42.0 Å². The fourth-order valence-corrected chi connectivity index (χ4v) is 6.81. The van der Waals surface area contributed by atoms with Crippen LogP contribution in [0, 0.1) is 0 Å². The van der Waals surface area contributed by atoms with Gasteiger partial charge in [0.05, 0.1) is 35.9 Å². The van der Waals surface area contributed by atoms with Crippen molar-refractivity contribution in [2.45, 2.75) is 77.4 Å². The van der Waals surface area contributed by atoms with Crippen molar-refractivity contribution in [3.63, 3.8) is 0 Å². The highest BCUT2D eigenvalue weighted by atomic mass is 16.6. The van der Waals surface area contributed by atoms with Crippen molar-refractivity contribution in [3.8, 4) is 45.1 Å². The highest BCUT2D eigenvalue weighted by Gasteiger charge is 2.35. The number of rotatable bonds is 4. The average Bonchev–Trinajstić information content (AvgIpc) is 3.80. The Labute approximate surface area is 250 Å². The van der Waals surface area contributed by atoms with Gasteiger partial charge in [-0.1, -0.05) is 0 Å². The van der Waals surface area contributed by atoms with Gasteiger partial charge in [0.2, 0.25) is 0 Å². The number of hydrogen-bond acceptors (Lipinski definition) is 7. The van der Waals surface area contributed by atoms with Gasteiger partial charge in [0.25, 0.3) is 0 Å². The average molecular weight is 581 g/mol. The van der Waals surface area contributed by atoms with E-state index in [0.717, 1.165) is 93.7 Å². The van der Waals surface area contributed by atoms with Crippen LogP contribution in [-0.4, -0.2) is 49.6 Å². The van der Waals surface area contributed by atoms with Gasteiger partial charge in [-0.15, -0.1) is 0 Å². The molecule has 4 aliphatic heterocycles. The van der Waals surface area contributed by atoms with Crippen molar-refractivity contribution in [3.05, 3.63) is 59.4 Å². The summed E-state index contributed by atoms with van der Waals surface area (Å²) in [4.78, 5) is 31.0. The summed E-state index contributed by atoms with van der Waals surface area (Å²) in [6, 6.07) is 8.69. The Balaban J connectivity index is 1.08. The van der Waals surface area contributed by atoms with Gasteiger partial charge in [-0.05, 0) is 77.3 Å². The van der Waals surface area contributed by atoms with Crippen LogP contribution in [0.1, 0.15) is 81.3 Å². The number of imidazole rings is 2. The number of aromatic nitrogens is 4. The Morgan fingerprint density at radius 2 is 1.51 bits per heavy atom. The summed E-state index contributed by atoms with van der Waals surface area (Å²) in [7, 11) is 0. The van der Waals surface area contributed by atoms with E-state index in [1.165, 1.54) is 6.42 Å². The van der Waals surface area contributed by atoms with Crippen molar-refractivity contribution in [2.75, 3.05) is 13.1 Å². The van der Waals surface area contributed by atoms with Gasteiger partial charge in [-0.25, -0.2) is 14.8 Å². The van der Waals surface area contributed by atoms with Crippen LogP contribution in [0.15, 0.2) is 36.7 Å². The number of nitrogens with zero attached hydrogens (tertiary/aromatic N) is 3. The molecule has 3 N–H and O–H groups in total. The fourth-order valence-electron chi connectivity index (χ4n) is 6.81. The van der Waals surface area contributed by atoms with Crippen LogP contribution < -0.4 is 14.8 Å². The molecule has 1 unspecified atom stereocenters. The van der Waals surface area contributed by atoms with Crippen LogP contribution in [0.2, 0.25) is 0 Å². The molecule has 1 amide bonds. The minimum atomic E-state index is -0.541. The van der Waals surface area contributed by atoms with E-state index in [9.17, 15) is 4.79 Å². The first-order chi connectivity index (χ1) is 20.8. The number of amides is 1. The third-order valence-electron chi connectivity index (χ3n) is 8.78. The van der Waals surface area contributed by atoms with Crippen molar-refractivity contribution in [1.29, 1.82) is 0 Å². The van der Waals surface area contributed by atoms with E-state index in [1.807, 2.05) is 33.2 Å². The Morgan fingerprint density at radius 1 is 0.884 bits per heavy atom. The Morgan fingerprint density at radius 3 is 2.12 bits per heavy atom. The SMILES string of the molecule is CC(C)(C)OC(=O)N1CCCC1c1ncc(-c2cc3c4c(c2)OCc2cc(-c5cnc([C@@H]6CCCN6)[nH]5)cc(c2-4)OC3)[nH]1. The summed E-state index contributed by atoms with van der Waals surface area (Å²) >= 11 is 0. The Kier molecular flexibility index (Phi) is 6.04. The molecular weight excluding hydrogens is 544 g/mol. The number of likely N-dealkylation sites (tertiary alicyclic amines) is 1. The van der Waals surface area contributed by atoms with Crippen LogP contribution in [-0.2, 0) is 18.0 Å². The first kappa shape index (κ1) is 26.3. The highest BCUT2D eigenvalue weighted by molar-refractivity contribution is 5.88. The lowest BCUT2D eigenvalue weighted by molar-refractivity contribution is 0.0218. The summed E-state index contributed by atoms with van der Waals surface area (Å²) < 4.78 is 18.4. The second-order valence-corrected chi connectivity index (χ2v) is 12.9. The molecule has 8 rings (SSSR count). The smallest absolute Gasteiger partial charge is 0.410 e. The number of benzene rings is 2. The minimum absolute atomic E-state index is 0.136. The molecule has 0 bridgehead atoms. The zero-order chi connectivity index (χ0) is 29.3. The molecule has 6 heterocycles. The van der Waals surface area contributed by atoms with Gasteiger partial charge in [0.15, 0.2) is 0 Å². The summed E-state index contributed by atoms with van der Waals surface area (Å²) in [5, 5.41) is 3.51. The summed E-state index contributed by atoms with van der Waals surface area (Å²) in [5.74, 6) is 3.48. The molecule has 0 aliphatic carbocycles. The largest absolute Gasteiger partial charge is 0.488 e. The molecule has 10 heteroatoms. The first-order valence-electron chi connectivity index (χ1n) is 15.2. The molecule has 0 saturated carbocycles. The van der Waals surface area contributed by atoms with Crippen LogP contribution in [0.3, 0.4) is 0 Å². The maximum absolute atomic E-state index is 12.9. The van der Waals surface area contributed by atoms with Gasteiger partial charge < -0.3 is 29.5 Å². The normalized spacial score (nSPS) is 20.5. The minimum Gasteiger partial charge on any atom is -0.488 e. The van der Waals surface area contributed by atoms with E-state index in [-0.39, 0.29) is 12.1 Å². The van der Waals surface area contributed by atoms with Crippen LogP contribution in [0.5, 0.6) is 11.5 Å². The van der Waals surface area contributed by atoms with Gasteiger partial charge in [-0.2, -0.15) is 0 Å². The van der Waals surface area contributed by atoms with Crippen LogP contribution >= 0.6 is 0 Å². The van der Waals surface area contributed by atoms with E-state index < -0.39 is 5.60 Å². The summed E-state index contributed by atoms with van der Waals surface area (Å²) in [5.41, 5.74) is 7.76. The van der Waals surface area contributed by atoms with Gasteiger partial charge in [0, 0.05) is 39.9 Å². The molecule has 2 atom stereocenters. The topological polar surface area (TPSA) is 117 Å². The van der Waals surface area contributed by atoms with E-state index in [0.29, 0.717) is 25.8 Å². The molecule has 4 aliphatic rings. The van der Waals surface area contributed by atoms with Crippen molar-refractivity contribution >= 4 is 6.09 Å². The molecule has 10 nitrogen and oxygen atoms in total. The number of carbonyl (C=O) groups excluding carboxylic acids is 1. The quantitative estimate of drug-likeness (QED) is 0.255. The molecular formula is C33H36N6O4. The fraction of sp³-hybridized carbons (Fsp3) is 0.424. The molecule has 2 aromatic heterocycles. The van der Waals surface area contributed by atoms with Crippen LogP contribution in [0.4, 0.5) is 4.79 Å². The van der Waals surface area contributed by atoms with E-state index in [2.05, 4.69) is 44.5 Å². The standard InChI is InChI=1S/C33H36N6O4/c1-33(2,3)43-32(40)39-9-5-7-25(39)31-36-15-24(38-31)19-11-21-17-41-26-12-18(10-20-16-42-27(13-19)29(21)28(20)26)23-14-35-30(37-23)22-6-4-8-34-22/h10-15,22,25,34H,4-9,16-17H2,1-3H3,(H,35,37)(H,36,38)/t22-,25?/m0/s1. The maximum atomic E-state index is 12.9. The summed E-state index contributed by atoms with van der Waals surface area (Å²) in [6.45, 7) is 8.27. The molecule has 2 fully saturated rings. The van der Waals surface area contributed by atoms with Crippen molar-refractivity contribution in [1.82, 2.24) is 30.2 Å². The predicted octanol–water partition coefficient (Wildman–Crippen LogP) is 6.42. The van der Waals surface area contributed by atoms with E-state index in [4.69, 9.17) is 19.2 Å². The second kappa shape index (κ2) is 9.87. The van der Waals surface area contributed by atoms with Crippen LogP contribution in [0.25, 0.3) is 33.6 Å². The predicted molar refractivity (Wildman–Crippen MR) is 161 cm³/mol. The zero-order valence-corrected chi connectivity index (χ0v) is 24.8. The number of H-pyrrole nitrogens is 2. The summed E-state index contributed by atoms with van der Waals surface area (Å²) in [6.07, 6.45) is 7.49. The molecule has 222 valence electrons.